The monoisotopic (exact) mass is 277 g/mol. The lowest BCUT2D eigenvalue weighted by Gasteiger charge is -2.21. The molecule has 2 rings (SSSR count). The first-order valence-electron chi connectivity index (χ1n) is 6.42. The zero-order valence-electron chi connectivity index (χ0n) is 11.3. The van der Waals surface area contributed by atoms with Crippen molar-refractivity contribution >= 4 is 0 Å². The maximum atomic E-state index is 13.1. The lowest BCUT2D eigenvalue weighted by atomic mass is 10.1. The smallest absolute Gasteiger partial charge is 0.159 e. The number of benzene rings is 2. The molecular formula is C16H17F2NO. The summed E-state index contributed by atoms with van der Waals surface area (Å²) in [6.07, 6.45) is -0.605. The van der Waals surface area contributed by atoms with E-state index in [9.17, 15) is 13.9 Å². The molecule has 0 heterocycles. The maximum Gasteiger partial charge on any atom is 0.159 e. The quantitative estimate of drug-likeness (QED) is 0.907. The van der Waals surface area contributed by atoms with E-state index in [1.54, 1.807) is 6.07 Å². The van der Waals surface area contributed by atoms with Gasteiger partial charge < -0.3 is 5.11 Å². The van der Waals surface area contributed by atoms with Crippen molar-refractivity contribution in [3.8, 4) is 0 Å². The Labute approximate surface area is 117 Å². The van der Waals surface area contributed by atoms with Crippen LogP contribution >= 0.6 is 0 Å². The first-order chi connectivity index (χ1) is 9.56. The molecule has 0 radical (unpaired) electrons. The van der Waals surface area contributed by atoms with E-state index in [0.717, 1.165) is 11.6 Å². The Bertz CT molecular complexity index is 560. The first-order valence-corrected chi connectivity index (χ1v) is 6.42. The molecule has 0 bridgehead atoms. The highest BCUT2D eigenvalue weighted by atomic mass is 19.2. The van der Waals surface area contributed by atoms with Gasteiger partial charge in [-0.1, -0.05) is 36.4 Å². The third-order valence-electron chi connectivity index (χ3n) is 3.11. The molecule has 2 nitrogen and oxygen atoms in total. The summed E-state index contributed by atoms with van der Waals surface area (Å²) in [7, 11) is 1.83. The topological polar surface area (TPSA) is 23.5 Å². The van der Waals surface area contributed by atoms with Crippen molar-refractivity contribution < 1.29 is 13.9 Å². The molecule has 0 fully saturated rings. The van der Waals surface area contributed by atoms with Gasteiger partial charge in [0.2, 0.25) is 0 Å². The van der Waals surface area contributed by atoms with Crippen LogP contribution in [0.3, 0.4) is 0 Å². The van der Waals surface area contributed by atoms with E-state index in [4.69, 9.17) is 0 Å². The van der Waals surface area contributed by atoms with E-state index in [0.29, 0.717) is 18.7 Å². The second-order valence-corrected chi connectivity index (χ2v) is 4.87. The Morgan fingerprint density at radius 1 is 1.05 bits per heavy atom. The predicted octanol–water partition coefficient (Wildman–Crippen LogP) is 3.13. The summed E-state index contributed by atoms with van der Waals surface area (Å²) in [5.41, 5.74) is 1.51. The van der Waals surface area contributed by atoms with E-state index in [1.807, 2.05) is 42.3 Å². The number of likely N-dealkylation sites (N-methyl/N-ethyl adjacent to an activating group) is 1. The fourth-order valence-corrected chi connectivity index (χ4v) is 2.09. The Kier molecular flexibility index (Phi) is 4.82. The molecule has 4 heteroatoms. The lowest BCUT2D eigenvalue weighted by molar-refractivity contribution is 0.124. The Balaban J connectivity index is 1.95. The second-order valence-electron chi connectivity index (χ2n) is 4.87. The van der Waals surface area contributed by atoms with Crippen molar-refractivity contribution in [1.82, 2.24) is 4.90 Å². The lowest BCUT2D eigenvalue weighted by Crippen LogP contribution is -2.24. The molecule has 0 aliphatic heterocycles. The van der Waals surface area contributed by atoms with Gasteiger partial charge >= 0.3 is 0 Å². The molecule has 0 aliphatic rings. The highest BCUT2D eigenvalue weighted by molar-refractivity contribution is 5.19. The average molecular weight is 277 g/mol. The molecule has 0 saturated carbocycles. The summed E-state index contributed by atoms with van der Waals surface area (Å²) in [6, 6.07) is 13.2. The number of nitrogens with zero attached hydrogens (tertiary/aromatic N) is 1. The van der Waals surface area contributed by atoms with Crippen LogP contribution in [0.4, 0.5) is 8.78 Å². The molecule has 1 atom stereocenters. The van der Waals surface area contributed by atoms with Crippen molar-refractivity contribution in [2.45, 2.75) is 12.6 Å². The van der Waals surface area contributed by atoms with Crippen molar-refractivity contribution in [1.29, 1.82) is 0 Å². The molecule has 2 aromatic rings. The molecule has 0 aliphatic carbocycles. The van der Waals surface area contributed by atoms with Crippen LogP contribution < -0.4 is 0 Å². The Morgan fingerprint density at radius 3 is 2.40 bits per heavy atom. The summed E-state index contributed by atoms with van der Waals surface area (Å²) in [5.74, 6) is -1.69. The summed E-state index contributed by atoms with van der Waals surface area (Å²) in [6.45, 7) is 0.865. The SMILES string of the molecule is CN(Cc1ccc(F)c(F)c1)CC(O)c1ccccc1. The highest BCUT2D eigenvalue weighted by Gasteiger charge is 2.11. The van der Waals surface area contributed by atoms with Crippen LogP contribution in [-0.4, -0.2) is 23.6 Å². The van der Waals surface area contributed by atoms with E-state index in [1.165, 1.54) is 6.07 Å². The molecular weight excluding hydrogens is 260 g/mol. The van der Waals surface area contributed by atoms with Crippen molar-refractivity contribution in [3.63, 3.8) is 0 Å². The number of aliphatic hydroxyl groups excluding tert-OH is 1. The van der Waals surface area contributed by atoms with Gasteiger partial charge in [0, 0.05) is 13.1 Å². The van der Waals surface area contributed by atoms with Crippen LogP contribution in [0.15, 0.2) is 48.5 Å². The molecule has 0 saturated heterocycles. The number of aliphatic hydroxyl groups is 1. The Morgan fingerprint density at radius 2 is 1.75 bits per heavy atom. The van der Waals surface area contributed by atoms with Gasteiger partial charge in [0.25, 0.3) is 0 Å². The largest absolute Gasteiger partial charge is 0.387 e. The van der Waals surface area contributed by atoms with Gasteiger partial charge in [-0.15, -0.1) is 0 Å². The third kappa shape index (κ3) is 3.85. The number of halogens is 2. The minimum absolute atomic E-state index is 0.420. The highest BCUT2D eigenvalue weighted by Crippen LogP contribution is 2.15. The molecule has 0 spiro atoms. The van der Waals surface area contributed by atoms with Crippen LogP contribution in [0, 0.1) is 11.6 Å². The van der Waals surface area contributed by atoms with E-state index in [-0.39, 0.29) is 0 Å². The molecule has 106 valence electrons. The van der Waals surface area contributed by atoms with E-state index >= 15 is 0 Å². The first kappa shape index (κ1) is 14.6. The predicted molar refractivity (Wildman–Crippen MR) is 74.1 cm³/mol. The molecule has 2 aromatic carbocycles. The minimum Gasteiger partial charge on any atom is -0.387 e. The second kappa shape index (κ2) is 6.59. The molecule has 1 unspecified atom stereocenters. The van der Waals surface area contributed by atoms with Gasteiger partial charge in [0.05, 0.1) is 6.10 Å². The van der Waals surface area contributed by atoms with Crippen molar-refractivity contribution in [3.05, 3.63) is 71.3 Å². The Hall–Kier alpha value is -1.78. The summed E-state index contributed by atoms with van der Waals surface area (Å²) in [5, 5.41) is 10.1. The normalized spacial score (nSPS) is 12.7. The molecule has 20 heavy (non-hydrogen) atoms. The summed E-state index contributed by atoms with van der Waals surface area (Å²) >= 11 is 0. The van der Waals surface area contributed by atoms with Gasteiger partial charge in [-0.3, -0.25) is 4.90 Å². The summed E-state index contributed by atoms with van der Waals surface area (Å²) in [4.78, 5) is 1.87. The maximum absolute atomic E-state index is 13.1. The number of hydrogen-bond acceptors (Lipinski definition) is 2. The van der Waals surface area contributed by atoms with E-state index in [2.05, 4.69) is 0 Å². The third-order valence-corrected chi connectivity index (χ3v) is 3.11. The minimum atomic E-state index is -0.848. The van der Waals surface area contributed by atoms with Crippen LogP contribution in [0.2, 0.25) is 0 Å². The van der Waals surface area contributed by atoms with Crippen LogP contribution in [-0.2, 0) is 6.54 Å². The number of rotatable bonds is 5. The average Bonchev–Trinajstić information content (AvgIpc) is 2.44. The molecule has 1 N–H and O–H groups in total. The van der Waals surface area contributed by atoms with E-state index < -0.39 is 17.7 Å². The van der Waals surface area contributed by atoms with Crippen molar-refractivity contribution in [2.24, 2.45) is 0 Å². The van der Waals surface area contributed by atoms with Gasteiger partial charge in [-0.05, 0) is 30.3 Å². The molecule has 0 aromatic heterocycles. The molecule has 0 amide bonds. The van der Waals surface area contributed by atoms with Crippen molar-refractivity contribution in [2.75, 3.05) is 13.6 Å². The van der Waals surface area contributed by atoms with Crippen LogP contribution in [0.25, 0.3) is 0 Å². The van der Waals surface area contributed by atoms with Crippen LogP contribution in [0.5, 0.6) is 0 Å². The fraction of sp³-hybridized carbons (Fsp3) is 0.250. The van der Waals surface area contributed by atoms with Gasteiger partial charge in [-0.25, -0.2) is 8.78 Å². The van der Waals surface area contributed by atoms with Gasteiger partial charge in [-0.2, -0.15) is 0 Å². The summed E-state index contributed by atoms with van der Waals surface area (Å²) < 4.78 is 26.0. The number of hydrogen-bond donors (Lipinski definition) is 1. The zero-order valence-corrected chi connectivity index (χ0v) is 11.3. The standard InChI is InChI=1S/C16H17F2NO/c1-19(10-12-7-8-14(17)15(18)9-12)11-16(20)13-5-3-2-4-6-13/h2-9,16,20H,10-11H2,1H3. The van der Waals surface area contributed by atoms with Gasteiger partial charge in [0.15, 0.2) is 11.6 Å². The van der Waals surface area contributed by atoms with Gasteiger partial charge in [0.1, 0.15) is 0 Å². The fourth-order valence-electron chi connectivity index (χ4n) is 2.09. The van der Waals surface area contributed by atoms with Crippen LogP contribution in [0.1, 0.15) is 17.2 Å². The zero-order chi connectivity index (χ0) is 14.5.